The van der Waals surface area contributed by atoms with Crippen molar-refractivity contribution in [2.45, 2.75) is 78.3 Å². The van der Waals surface area contributed by atoms with E-state index < -0.39 is 0 Å². The number of rotatable bonds is 6. The maximum Gasteiger partial charge on any atom is 0.272 e. The molecule has 3 heterocycles. The van der Waals surface area contributed by atoms with Crippen LogP contribution in [0.25, 0.3) is 0 Å². The lowest BCUT2D eigenvalue weighted by molar-refractivity contribution is -0.112. The van der Waals surface area contributed by atoms with E-state index >= 15 is 0 Å². The van der Waals surface area contributed by atoms with Crippen molar-refractivity contribution in [2.75, 3.05) is 31.5 Å². The van der Waals surface area contributed by atoms with Gasteiger partial charge in [0.1, 0.15) is 23.6 Å². The van der Waals surface area contributed by atoms with E-state index in [1.807, 2.05) is 18.7 Å². The first-order chi connectivity index (χ1) is 17.2. The van der Waals surface area contributed by atoms with Crippen molar-refractivity contribution in [2.24, 2.45) is 5.92 Å². The highest BCUT2D eigenvalue weighted by Gasteiger charge is 2.31. The summed E-state index contributed by atoms with van der Waals surface area (Å²) in [5.41, 5.74) is 3.91. The van der Waals surface area contributed by atoms with Gasteiger partial charge in [0, 0.05) is 37.2 Å². The van der Waals surface area contributed by atoms with Gasteiger partial charge in [-0.25, -0.2) is 9.97 Å². The fourth-order valence-corrected chi connectivity index (χ4v) is 5.32. The molecule has 2 aliphatic heterocycles. The number of aldehydes is 1. The van der Waals surface area contributed by atoms with Crippen LogP contribution in [0.3, 0.4) is 0 Å². The van der Waals surface area contributed by atoms with E-state index in [0.717, 1.165) is 69.5 Å². The van der Waals surface area contributed by atoms with Crippen molar-refractivity contribution in [1.82, 2.24) is 19.8 Å². The lowest BCUT2D eigenvalue weighted by atomic mass is 9.87. The van der Waals surface area contributed by atoms with Crippen LogP contribution in [0.5, 0.6) is 0 Å². The minimum absolute atomic E-state index is 0.00584. The SMILES string of the molecule is Cc1nc(NCc2ccc(C(C)(C)C)cc2)c(C)c(C(=O)N2CCC(N3CCC(C=O)CC3)CC2)n1. The summed E-state index contributed by atoms with van der Waals surface area (Å²) >= 11 is 0. The summed E-state index contributed by atoms with van der Waals surface area (Å²) in [5, 5.41) is 3.43. The number of aryl methyl sites for hydroxylation is 1. The summed E-state index contributed by atoms with van der Waals surface area (Å²) in [4.78, 5) is 38.1. The number of carbonyl (C=O) groups excluding carboxylic acids is 2. The Bertz CT molecular complexity index is 1060. The van der Waals surface area contributed by atoms with Crippen LogP contribution in [0.2, 0.25) is 0 Å². The molecule has 2 fully saturated rings. The van der Waals surface area contributed by atoms with Gasteiger partial charge in [-0.15, -0.1) is 0 Å². The Hall–Kier alpha value is -2.80. The van der Waals surface area contributed by atoms with E-state index in [4.69, 9.17) is 0 Å². The Kier molecular flexibility index (Phi) is 8.08. The van der Waals surface area contributed by atoms with E-state index in [1.165, 1.54) is 11.1 Å². The maximum absolute atomic E-state index is 13.5. The third-order valence-electron chi connectivity index (χ3n) is 7.77. The third kappa shape index (κ3) is 6.12. The van der Waals surface area contributed by atoms with Crippen molar-refractivity contribution in [3.8, 4) is 0 Å². The summed E-state index contributed by atoms with van der Waals surface area (Å²) in [6.45, 7) is 14.5. The van der Waals surface area contributed by atoms with Gasteiger partial charge in [-0.2, -0.15) is 0 Å². The first-order valence-electron chi connectivity index (χ1n) is 13.3. The molecule has 7 heteroatoms. The fraction of sp³-hybridized carbons (Fsp3) is 0.586. The molecule has 4 rings (SSSR count). The molecule has 0 spiro atoms. The monoisotopic (exact) mass is 491 g/mol. The fourth-order valence-electron chi connectivity index (χ4n) is 5.32. The van der Waals surface area contributed by atoms with Crippen LogP contribution in [0, 0.1) is 19.8 Å². The molecule has 0 unspecified atom stereocenters. The Morgan fingerprint density at radius 3 is 2.22 bits per heavy atom. The van der Waals surface area contributed by atoms with Crippen LogP contribution < -0.4 is 5.32 Å². The van der Waals surface area contributed by atoms with Crippen LogP contribution in [-0.2, 0) is 16.8 Å². The van der Waals surface area contributed by atoms with Crippen molar-refractivity contribution in [1.29, 1.82) is 0 Å². The van der Waals surface area contributed by atoms with E-state index in [1.54, 1.807) is 0 Å². The molecule has 0 radical (unpaired) electrons. The number of piperidine rings is 2. The molecule has 194 valence electrons. The summed E-state index contributed by atoms with van der Waals surface area (Å²) in [7, 11) is 0. The number of hydrogen-bond donors (Lipinski definition) is 1. The number of amides is 1. The standard InChI is InChI=1S/C29H41N5O2/c1-20-26(28(36)34-16-12-25(13-17-34)33-14-10-23(19-35)11-15-33)31-21(2)32-27(20)30-18-22-6-8-24(9-7-22)29(3,4)5/h6-9,19,23,25H,10-18H2,1-5H3,(H,30,31,32). The number of nitrogens with zero attached hydrogens (tertiary/aromatic N) is 4. The second kappa shape index (κ2) is 11.1. The Morgan fingerprint density at radius 1 is 1.00 bits per heavy atom. The largest absolute Gasteiger partial charge is 0.366 e. The zero-order chi connectivity index (χ0) is 25.9. The minimum Gasteiger partial charge on any atom is -0.366 e. The molecule has 2 saturated heterocycles. The third-order valence-corrected chi connectivity index (χ3v) is 7.77. The number of carbonyl (C=O) groups is 2. The van der Waals surface area contributed by atoms with Gasteiger partial charge < -0.3 is 19.9 Å². The van der Waals surface area contributed by atoms with E-state index in [2.05, 4.69) is 65.2 Å². The number of likely N-dealkylation sites (tertiary alicyclic amines) is 2. The molecular formula is C29H41N5O2. The zero-order valence-corrected chi connectivity index (χ0v) is 22.5. The van der Waals surface area contributed by atoms with Gasteiger partial charge in [0.25, 0.3) is 5.91 Å². The second-order valence-electron chi connectivity index (χ2n) is 11.4. The minimum atomic E-state index is -0.00584. The number of aromatic nitrogens is 2. The highest BCUT2D eigenvalue weighted by molar-refractivity contribution is 5.94. The van der Waals surface area contributed by atoms with Crippen LogP contribution in [0.4, 0.5) is 5.82 Å². The lowest BCUT2D eigenvalue weighted by Gasteiger charge is -2.41. The van der Waals surface area contributed by atoms with Crippen molar-refractivity contribution >= 4 is 18.0 Å². The molecule has 0 bridgehead atoms. The summed E-state index contributed by atoms with van der Waals surface area (Å²) < 4.78 is 0. The van der Waals surface area contributed by atoms with Crippen molar-refractivity contribution in [3.05, 3.63) is 52.5 Å². The molecule has 1 N–H and O–H groups in total. The Balaban J connectivity index is 1.37. The molecule has 1 aromatic carbocycles. The predicted octanol–water partition coefficient (Wildman–Crippen LogP) is 4.52. The average Bonchev–Trinajstić information content (AvgIpc) is 2.88. The molecule has 1 aromatic heterocycles. The number of nitrogens with one attached hydrogen (secondary N) is 1. The summed E-state index contributed by atoms with van der Waals surface area (Å²) in [5.74, 6) is 1.53. The van der Waals surface area contributed by atoms with Crippen LogP contribution in [0.1, 0.15) is 79.5 Å². The van der Waals surface area contributed by atoms with Gasteiger partial charge in [-0.1, -0.05) is 45.0 Å². The molecule has 36 heavy (non-hydrogen) atoms. The maximum atomic E-state index is 13.5. The number of hydrogen-bond acceptors (Lipinski definition) is 6. The van der Waals surface area contributed by atoms with Crippen LogP contribution >= 0.6 is 0 Å². The van der Waals surface area contributed by atoms with Gasteiger partial charge in [0.2, 0.25) is 0 Å². The first kappa shape index (κ1) is 26.3. The smallest absolute Gasteiger partial charge is 0.272 e. The van der Waals surface area contributed by atoms with Crippen LogP contribution in [0.15, 0.2) is 24.3 Å². The van der Waals surface area contributed by atoms with Crippen molar-refractivity contribution < 1.29 is 9.59 Å². The van der Waals surface area contributed by atoms with Gasteiger partial charge >= 0.3 is 0 Å². The van der Waals surface area contributed by atoms with Gasteiger partial charge in [0.15, 0.2) is 0 Å². The van der Waals surface area contributed by atoms with E-state index in [0.29, 0.717) is 24.1 Å². The van der Waals surface area contributed by atoms with Gasteiger partial charge in [0.05, 0.1) is 0 Å². The number of benzene rings is 1. The second-order valence-corrected chi connectivity index (χ2v) is 11.4. The van der Waals surface area contributed by atoms with Gasteiger partial charge in [-0.05, 0) is 69.2 Å². The Morgan fingerprint density at radius 2 is 1.64 bits per heavy atom. The molecule has 0 aliphatic carbocycles. The van der Waals surface area contributed by atoms with E-state index in [-0.39, 0.29) is 17.2 Å². The molecular weight excluding hydrogens is 450 g/mol. The molecule has 2 aromatic rings. The number of anilines is 1. The normalized spacial score (nSPS) is 18.3. The zero-order valence-electron chi connectivity index (χ0n) is 22.5. The lowest BCUT2D eigenvalue weighted by Crippen LogP contribution is -2.49. The van der Waals surface area contributed by atoms with Crippen LogP contribution in [-0.4, -0.2) is 64.2 Å². The molecule has 7 nitrogen and oxygen atoms in total. The average molecular weight is 492 g/mol. The van der Waals surface area contributed by atoms with E-state index in [9.17, 15) is 9.59 Å². The van der Waals surface area contributed by atoms with Crippen molar-refractivity contribution in [3.63, 3.8) is 0 Å². The molecule has 0 atom stereocenters. The highest BCUT2D eigenvalue weighted by atomic mass is 16.2. The highest BCUT2D eigenvalue weighted by Crippen LogP contribution is 2.26. The summed E-state index contributed by atoms with van der Waals surface area (Å²) in [6, 6.07) is 9.15. The molecule has 0 saturated carbocycles. The molecule has 2 aliphatic rings. The van der Waals surface area contributed by atoms with Gasteiger partial charge in [-0.3, -0.25) is 4.79 Å². The quantitative estimate of drug-likeness (QED) is 0.599. The topological polar surface area (TPSA) is 78.4 Å². The summed E-state index contributed by atoms with van der Waals surface area (Å²) in [6.07, 6.45) is 4.96. The Labute approximate surface area is 215 Å². The predicted molar refractivity (Wildman–Crippen MR) is 143 cm³/mol. The molecule has 1 amide bonds. The first-order valence-corrected chi connectivity index (χ1v) is 13.3.